The molecule has 0 atom stereocenters. The molecule has 0 saturated heterocycles. The van der Waals surface area contributed by atoms with Gasteiger partial charge in [-0.25, -0.2) is 9.97 Å². The van der Waals surface area contributed by atoms with E-state index in [2.05, 4.69) is 39.8 Å². The number of aromatic nitrogens is 5. The van der Waals surface area contributed by atoms with Crippen LogP contribution < -0.4 is 4.90 Å². The molecule has 3 aromatic rings. The summed E-state index contributed by atoms with van der Waals surface area (Å²) < 4.78 is 2.01. The van der Waals surface area contributed by atoms with Crippen LogP contribution in [-0.4, -0.2) is 31.3 Å². The lowest BCUT2D eigenvalue weighted by molar-refractivity contribution is 0.588. The van der Waals surface area contributed by atoms with Gasteiger partial charge in [-0.2, -0.15) is 5.10 Å². The number of hydrogen-bond acceptors (Lipinski definition) is 5. The fraction of sp³-hybridized carbons (Fsp3) is 0.474. The Hall–Kier alpha value is -2.50. The summed E-state index contributed by atoms with van der Waals surface area (Å²) >= 11 is 0. The van der Waals surface area contributed by atoms with Crippen LogP contribution in [-0.2, 0) is 13.6 Å². The minimum Gasteiger partial charge on any atom is -0.349 e. The minimum absolute atomic E-state index is 0.518. The summed E-state index contributed by atoms with van der Waals surface area (Å²) in [7, 11) is 2.03. The first kappa shape index (κ1) is 16.0. The lowest BCUT2D eigenvalue weighted by atomic mass is 10.2. The molecule has 0 bridgehead atoms. The van der Waals surface area contributed by atoms with Crippen molar-refractivity contribution in [2.24, 2.45) is 13.0 Å². The van der Waals surface area contributed by atoms with Crippen molar-refractivity contribution < 1.29 is 0 Å². The lowest BCUT2D eigenvalue weighted by Gasteiger charge is -2.26. The number of pyridine rings is 1. The zero-order chi connectivity index (χ0) is 17.4. The highest BCUT2D eigenvalue weighted by Gasteiger charge is 2.27. The van der Waals surface area contributed by atoms with Crippen molar-refractivity contribution in [1.29, 1.82) is 0 Å². The van der Waals surface area contributed by atoms with Crippen molar-refractivity contribution in [2.75, 3.05) is 11.4 Å². The second-order valence-corrected chi connectivity index (χ2v) is 7.30. The van der Waals surface area contributed by atoms with Gasteiger partial charge in [-0.1, -0.05) is 13.8 Å². The van der Waals surface area contributed by atoms with Gasteiger partial charge in [0.15, 0.2) is 5.82 Å². The second kappa shape index (κ2) is 6.43. The summed E-state index contributed by atoms with van der Waals surface area (Å²) in [5, 5.41) is 4.70. The molecule has 3 aromatic heterocycles. The predicted octanol–water partition coefficient (Wildman–Crippen LogP) is 3.30. The van der Waals surface area contributed by atoms with Crippen LogP contribution in [0.3, 0.4) is 0 Å². The average molecular weight is 336 g/mol. The monoisotopic (exact) mass is 336 g/mol. The Balaban J connectivity index is 1.70. The maximum atomic E-state index is 4.70. The molecule has 130 valence electrons. The van der Waals surface area contributed by atoms with Crippen LogP contribution >= 0.6 is 0 Å². The van der Waals surface area contributed by atoms with Crippen LogP contribution in [0.15, 0.2) is 30.7 Å². The van der Waals surface area contributed by atoms with E-state index in [0.29, 0.717) is 11.8 Å². The summed E-state index contributed by atoms with van der Waals surface area (Å²) in [4.78, 5) is 15.7. The molecule has 0 aliphatic heterocycles. The molecule has 0 N–H and O–H groups in total. The first-order chi connectivity index (χ1) is 12.1. The molecule has 1 aliphatic rings. The van der Waals surface area contributed by atoms with Gasteiger partial charge in [0, 0.05) is 25.7 Å². The molecule has 1 aliphatic carbocycles. The molecule has 1 fully saturated rings. The van der Waals surface area contributed by atoms with Gasteiger partial charge in [-0.15, -0.1) is 0 Å². The summed E-state index contributed by atoms with van der Waals surface area (Å²) in [5.74, 6) is 2.08. The normalized spacial score (nSPS) is 14.4. The fourth-order valence-corrected chi connectivity index (χ4v) is 3.23. The highest BCUT2D eigenvalue weighted by atomic mass is 15.3. The number of aryl methyl sites for hydroxylation is 1. The number of nitrogens with zero attached hydrogens (tertiary/aromatic N) is 6. The largest absolute Gasteiger partial charge is 0.349 e. The van der Waals surface area contributed by atoms with Crippen LogP contribution in [0.1, 0.15) is 44.0 Å². The van der Waals surface area contributed by atoms with E-state index >= 15 is 0 Å². The van der Waals surface area contributed by atoms with Gasteiger partial charge in [0.25, 0.3) is 0 Å². The van der Waals surface area contributed by atoms with E-state index in [1.165, 1.54) is 24.2 Å². The Morgan fingerprint density at radius 3 is 2.84 bits per heavy atom. The van der Waals surface area contributed by atoms with Crippen LogP contribution in [0.5, 0.6) is 0 Å². The molecule has 1 saturated carbocycles. The van der Waals surface area contributed by atoms with Gasteiger partial charge >= 0.3 is 0 Å². The SMILES string of the molecule is CC(C)CN(Cc1cc(C2CC2)nn1C)c1ncnc2cccnc12. The maximum absolute atomic E-state index is 4.70. The van der Waals surface area contributed by atoms with Gasteiger partial charge in [-0.05, 0) is 37.0 Å². The van der Waals surface area contributed by atoms with Crippen LogP contribution in [0.2, 0.25) is 0 Å². The molecule has 0 radical (unpaired) electrons. The van der Waals surface area contributed by atoms with Crippen molar-refractivity contribution in [3.63, 3.8) is 0 Å². The van der Waals surface area contributed by atoms with Gasteiger partial charge < -0.3 is 4.90 Å². The van der Waals surface area contributed by atoms with Gasteiger partial charge in [0.2, 0.25) is 0 Å². The van der Waals surface area contributed by atoms with Crippen molar-refractivity contribution in [3.05, 3.63) is 42.1 Å². The van der Waals surface area contributed by atoms with Gasteiger partial charge in [0.1, 0.15) is 11.8 Å². The van der Waals surface area contributed by atoms with Gasteiger partial charge in [-0.3, -0.25) is 9.67 Å². The van der Waals surface area contributed by atoms with E-state index in [1.54, 1.807) is 12.5 Å². The molecular formula is C19H24N6. The number of rotatable bonds is 6. The first-order valence-electron chi connectivity index (χ1n) is 8.95. The van der Waals surface area contributed by atoms with E-state index in [1.807, 2.05) is 23.9 Å². The van der Waals surface area contributed by atoms with E-state index in [0.717, 1.165) is 29.9 Å². The molecule has 0 unspecified atom stereocenters. The number of hydrogen-bond donors (Lipinski definition) is 0. The average Bonchev–Trinajstić information content (AvgIpc) is 3.38. The van der Waals surface area contributed by atoms with Crippen molar-refractivity contribution in [3.8, 4) is 0 Å². The highest BCUT2D eigenvalue weighted by Crippen LogP contribution is 2.39. The number of fused-ring (bicyclic) bond motifs is 1. The molecule has 0 spiro atoms. The predicted molar refractivity (Wildman–Crippen MR) is 98.4 cm³/mol. The first-order valence-corrected chi connectivity index (χ1v) is 8.95. The van der Waals surface area contributed by atoms with E-state index in [4.69, 9.17) is 5.10 Å². The van der Waals surface area contributed by atoms with Crippen LogP contribution in [0.4, 0.5) is 5.82 Å². The highest BCUT2D eigenvalue weighted by molar-refractivity contribution is 5.84. The fourth-order valence-electron chi connectivity index (χ4n) is 3.23. The van der Waals surface area contributed by atoms with Crippen LogP contribution in [0, 0.1) is 5.92 Å². The third-order valence-electron chi connectivity index (χ3n) is 4.60. The smallest absolute Gasteiger partial charge is 0.158 e. The summed E-state index contributed by atoms with van der Waals surface area (Å²) in [5.41, 5.74) is 4.18. The summed E-state index contributed by atoms with van der Waals surface area (Å²) in [6.45, 7) is 6.13. The number of anilines is 1. The van der Waals surface area contributed by atoms with Crippen molar-refractivity contribution >= 4 is 16.9 Å². The summed E-state index contributed by atoms with van der Waals surface area (Å²) in [6.07, 6.45) is 5.98. The van der Waals surface area contributed by atoms with Gasteiger partial charge in [0.05, 0.1) is 23.4 Å². The zero-order valence-corrected chi connectivity index (χ0v) is 15.1. The second-order valence-electron chi connectivity index (χ2n) is 7.30. The van der Waals surface area contributed by atoms with Crippen molar-refractivity contribution in [1.82, 2.24) is 24.7 Å². The third kappa shape index (κ3) is 3.34. The molecular weight excluding hydrogens is 312 g/mol. The standard InChI is InChI=1S/C19H24N6/c1-13(2)10-25(11-15-9-17(14-6-7-14)23-24(15)3)19-18-16(21-12-22-19)5-4-8-20-18/h4-5,8-9,12-14H,6-7,10-11H2,1-3H3. The van der Waals surface area contributed by atoms with E-state index in [9.17, 15) is 0 Å². The van der Waals surface area contributed by atoms with E-state index < -0.39 is 0 Å². The lowest BCUT2D eigenvalue weighted by Crippen LogP contribution is -2.29. The Labute approximate surface area is 147 Å². The quantitative estimate of drug-likeness (QED) is 0.691. The van der Waals surface area contributed by atoms with Crippen molar-refractivity contribution in [2.45, 2.75) is 39.2 Å². The molecule has 0 aromatic carbocycles. The summed E-state index contributed by atoms with van der Waals surface area (Å²) in [6, 6.07) is 6.15. The maximum Gasteiger partial charge on any atom is 0.158 e. The zero-order valence-electron chi connectivity index (χ0n) is 15.1. The molecule has 6 nitrogen and oxygen atoms in total. The molecule has 3 heterocycles. The molecule has 0 amide bonds. The minimum atomic E-state index is 0.518. The Morgan fingerprint density at radius 1 is 1.24 bits per heavy atom. The molecule has 6 heteroatoms. The Bertz CT molecular complexity index is 875. The Kier molecular flexibility index (Phi) is 4.11. The Morgan fingerprint density at radius 2 is 2.08 bits per heavy atom. The van der Waals surface area contributed by atoms with Crippen LogP contribution in [0.25, 0.3) is 11.0 Å². The topological polar surface area (TPSA) is 59.7 Å². The molecule has 25 heavy (non-hydrogen) atoms. The molecule has 4 rings (SSSR count). The van der Waals surface area contributed by atoms with E-state index in [-0.39, 0.29) is 0 Å². The third-order valence-corrected chi connectivity index (χ3v) is 4.60.